The van der Waals surface area contributed by atoms with Crippen LogP contribution in [0, 0.1) is 16.7 Å². The van der Waals surface area contributed by atoms with E-state index < -0.39 is 0 Å². The first-order chi connectivity index (χ1) is 9.22. The second kappa shape index (κ2) is 5.04. The number of rotatable bonds is 3. The monoisotopic (exact) mass is 334 g/mol. The molecule has 0 saturated carbocycles. The van der Waals surface area contributed by atoms with Gasteiger partial charge in [0.25, 0.3) is 0 Å². The first kappa shape index (κ1) is 12.8. The normalized spacial score (nSPS) is 16.6. The largest absolute Gasteiger partial charge is 0.378 e. The summed E-state index contributed by atoms with van der Waals surface area (Å²) >= 11 is 5.14. The summed E-state index contributed by atoms with van der Waals surface area (Å²) in [5.74, 6) is 0. The summed E-state index contributed by atoms with van der Waals surface area (Å²) in [7, 11) is 0. The number of thiazole rings is 1. The van der Waals surface area contributed by atoms with Crippen LogP contribution in [-0.4, -0.2) is 18.2 Å². The lowest BCUT2D eigenvalue weighted by Gasteiger charge is -2.34. The van der Waals surface area contributed by atoms with Gasteiger partial charge < -0.3 is 4.74 Å². The lowest BCUT2D eigenvalue weighted by atomic mass is 9.84. The van der Waals surface area contributed by atoms with E-state index in [1.54, 1.807) is 11.3 Å². The van der Waals surface area contributed by atoms with Crippen molar-refractivity contribution in [1.29, 1.82) is 5.26 Å². The van der Waals surface area contributed by atoms with Crippen LogP contribution in [0.2, 0.25) is 0 Å². The van der Waals surface area contributed by atoms with Crippen molar-refractivity contribution >= 4 is 27.3 Å². The molecule has 0 atom stereocenters. The predicted molar refractivity (Wildman–Crippen MR) is 77.8 cm³/mol. The average molecular weight is 335 g/mol. The molecule has 3 rings (SSSR count). The molecule has 1 aromatic carbocycles. The van der Waals surface area contributed by atoms with Gasteiger partial charge in [0.1, 0.15) is 5.41 Å². The molecule has 2 heterocycles. The highest BCUT2D eigenvalue weighted by molar-refractivity contribution is 9.10. The van der Waals surface area contributed by atoms with Gasteiger partial charge >= 0.3 is 0 Å². The van der Waals surface area contributed by atoms with Gasteiger partial charge in [-0.2, -0.15) is 5.26 Å². The van der Waals surface area contributed by atoms with Gasteiger partial charge in [-0.05, 0) is 6.07 Å². The summed E-state index contributed by atoms with van der Waals surface area (Å²) in [5, 5.41) is 12.2. The SMILES string of the molecule is N#CC1(Cc2nc(-c3ccccc3Br)cs2)COC1. The second-order valence-corrected chi connectivity index (χ2v) is 6.47. The lowest BCUT2D eigenvalue weighted by Crippen LogP contribution is -2.43. The zero-order valence-electron chi connectivity index (χ0n) is 10.1. The Morgan fingerprint density at radius 3 is 2.84 bits per heavy atom. The average Bonchev–Trinajstić information content (AvgIpc) is 2.83. The fraction of sp³-hybridized carbons (Fsp3) is 0.286. The van der Waals surface area contributed by atoms with Crippen LogP contribution in [0.3, 0.4) is 0 Å². The Kier molecular flexibility index (Phi) is 3.40. The number of benzene rings is 1. The molecule has 3 nitrogen and oxygen atoms in total. The van der Waals surface area contributed by atoms with Gasteiger partial charge in [0.15, 0.2) is 0 Å². The zero-order chi connectivity index (χ0) is 13.3. The molecule has 0 aliphatic carbocycles. The Bertz CT molecular complexity index is 643. The van der Waals surface area contributed by atoms with E-state index in [1.165, 1.54) is 0 Å². The summed E-state index contributed by atoms with van der Waals surface area (Å²) in [6, 6.07) is 10.4. The molecular formula is C14H11BrN2OS. The van der Waals surface area contributed by atoms with Crippen molar-refractivity contribution in [1.82, 2.24) is 4.98 Å². The molecule has 0 spiro atoms. The topological polar surface area (TPSA) is 45.9 Å². The fourth-order valence-corrected chi connectivity index (χ4v) is 3.45. The van der Waals surface area contributed by atoms with Crippen LogP contribution in [-0.2, 0) is 11.2 Å². The lowest BCUT2D eigenvalue weighted by molar-refractivity contribution is -0.0765. The highest BCUT2D eigenvalue weighted by Gasteiger charge is 2.39. The summed E-state index contributed by atoms with van der Waals surface area (Å²) in [5.41, 5.74) is 1.69. The van der Waals surface area contributed by atoms with E-state index in [0.29, 0.717) is 19.6 Å². The maximum atomic E-state index is 9.21. The number of halogens is 1. The maximum Gasteiger partial charge on any atom is 0.110 e. The molecule has 1 saturated heterocycles. The molecule has 0 N–H and O–H groups in total. The van der Waals surface area contributed by atoms with Gasteiger partial charge in [0.2, 0.25) is 0 Å². The minimum Gasteiger partial charge on any atom is -0.378 e. The molecule has 5 heteroatoms. The van der Waals surface area contributed by atoms with E-state index in [1.807, 2.05) is 29.6 Å². The van der Waals surface area contributed by atoms with Crippen LogP contribution in [0.5, 0.6) is 0 Å². The van der Waals surface area contributed by atoms with Crippen molar-refractivity contribution in [2.75, 3.05) is 13.2 Å². The van der Waals surface area contributed by atoms with Gasteiger partial charge in [-0.1, -0.05) is 34.1 Å². The number of hydrogen-bond acceptors (Lipinski definition) is 4. The number of nitrogens with zero attached hydrogens (tertiary/aromatic N) is 2. The number of nitriles is 1. The van der Waals surface area contributed by atoms with E-state index >= 15 is 0 Å². The van der Waals surface area contributed by atoms with E-state index in [2.05, 4.69) is 27.0 Å². The maximum absolute atomic E-state index is 9.21. The third-order valence-electron chi connectivity index (χ3n) is 3.19. The van der Waals surface area contributed by atoms with Gasteiger partial charge in [-0.15, -0.1) is 11.3 Å². The molecule has 19 heavy (non-hydrogen) atoms. The summed E-state index contributed by atoms with van der Waals surface area (Å²) in [4.78, 5) is 4.64. The third-order valence-corrected chi connectivity index (χ3v) is 4.73. The smallest absolute Gasteiger partial charge is 0.110 e. The van der Waals surface area contributed by atoms with Crippen LogP contribution in [0.1, 0.15) is 5.01 Å². The molecule has 96 valence electrons. The zero-order valence-corrected chi connectivity index (χ0v) is 12.5. The van der Waals surface area contributed by atoms with Crippen molar-refractivity contribution in [3.63, 3.8) is 0 Å². The minimum absolute atomic E-state index is 0.358. The Balaban J connectivity index is 1.85. The summed E-state index contributed by atoms with van der Waals surface area (Å²) < 4.78 is 6.19. The number of aromatic nitrogens is 1. The van der Waals surface area contributed by atoms with E-state index in [9.17, 15) is 5.26 Å². The van der Waals surface area contributed by atoms with E-state index in [4.69, 9.17) is 4.74 Å². The van der Waals surface area contributed by atoms with Crippen LogP contribution in [0.4, 0.5) is 0 Å². The molecule has 1 aromatic heterocycles. The van der Waals surface area contributed by atoms with Crippen molar-refractivity contribution in [3.8, 4) is 17.3 Å². The van der Waals surface area contributed by atoms with Crippen LogP contribution >= 0.6 is 27.3 Å². The quantitative estimate of drug-likeness (QED) is 0.860. The molecule has 0 bridgehead atoms. The first-order valence-corrected chi connectivity index (χ1v) is 7.58. The molecule has 1 fully saturated rings. The standard InChI is InChI=1S/C14H11BrN2OS/c15-11-4-2-1-3-10(11)12-6-19-13(17-12)5-14(7-16)8-18-9-14/h1-4,6H,5,8-9H2. The number of ether oxygens (including phenoxy) is 1. The summed E-state index contributed by atoms with van der Waals surface area (Å²) in [6.45, 7) is 1.04. The van der Waals surface area contributed by atoms with E-state index in [0.717, 1.165) is 20.7 Å². The Labute approximate surface area is 124 Å². The molecule has 1 aliphatic rings. The molecule has 1 aliphatic heterocycles. The second-order valence-electron chi connectivity index (χ2n) is 4.67. The van der Waals surface area contributed by atoms with Crippen LogP contribution in [0.25, 0.3) is 11.3 Å². The van der Waals surface area contributed by atoms with Gasteiger partial charge in [-0.3, -0.25) is 0 Å². The van der Waals surface area contributed by atoms with Crippen molar-refractivity contribution in [2.24, 2.45) is 5.41 Å². The highest BCUT2D eigenvalue weighted by Crippen LogP contribution is 2.34. The Morgan fingerprint density at radius 2 is 2.21 bits per heavy atom. The molecule has 0 amide bonds. The van der Waals surface area contributed by atoms with Crippen LogP contribution < -0.4 is 0 Å². The Morgan fingerprint density at radius 1 is 1.42 bits per heavy atom. The van der Waals surface area contributed by atoms with Gasteiger partial charge in [0.05, 0.1) is 30.0 Å². The van der Waals surface area contributed by atoms with Crippen molar-refractivity contribution in [3.05, 3.63) is 39.1 Å². The highest BCUT2D eigenvalue weighted by atomic mass is 79.9. The van der Waals surface area contributed by atoms with Gasteiger partial charge in [0, 0.05) is 21.8 Å². The molecular weight excluding hydrogens is 324 g/mol. The predicted octanol–water partition coefficient (Wildman–Crippen LogP) is 3.66. The fourth-order valence-electron chi connectivity index (χ4n) is 2.03. The van der Waals surface area contributed by atoms with Gasteiger partial charge in [-0.25, -0.2) is 4.98 Å². The number of hydrogen-bond donors (Lipinski definition) is 0. The molecule has 0 radical (unpaired) electrons. The Hall–Kier alpha value is -1.22. The first-order valence-electron chi connectivity index (χ1n) is 5.91. The molecule has 2 aromatic rings. The third kappa shape index (κ3) is 2.44. The van der Waals surface area contributed by atoms with Crippen LogP contribution in [0.15, 0.2) is 34.1 Å². The summed E-state index contributed by atoms with van der Waals surface area (Å²) in [6.07, 6.45) is 0.679. The van der Waals surface area contributed by atoms with Crippen molar-refractivity contribution < 1.29 is 4.74 Å². The minimum atomic E-state index is -0.358. The van der Waals surface area contributed by atoms with E-state index in [-0.39, 0.29) is 5.41 Å². The van der Waals surface area contributed by atoms with Crippen molar-refractivity contribution in [2.45, 2.75) is 6.42 Å². The molecule has 0 unspecified atom stereocenters.